The van der Waals surface area contributed by atoms with E-state index in [1.165, 1.54) is 0 Å². The van der Waals surface area contributed by atoms with Crippen LogP contribution in [-0.4, -0.2) is 22.6 Å². The lowest BCUT2D eigenvalue weighted by Gasteiger charge is -2.38. The molecule has 0 radical (unpaired) electrons. The summed E-state index contributed by atoms with van der Waals surface area (Å²) in [4.78, 5) is 15.7. The Bertz CT molecular complexity index is 640. The number of nitrogens with zero attached hydrogens (tertiary/aromatic N) is 4. The number of amides is 1. The number of nitrogens with two attached hydrogens (primary N) is 2. The summed E-state index contributed by atoms with van der Waals surface area (Å²) < 4.78 is 0. The Morgan fingerprint density at radius 2 is 2.10 bits per heavy atom. The van der Waals surface area contributed by atoms with Crippen LogP contribution >= 0.6 is 12.2 Å². The van der Waals surface area contributed by atoms with Crippen LogP contribution in [0.4, 0.5) is 0 Å². The number of hydrogen-bond acceptors (Lipinski definition) is 6. The average Bonchev–Trinajstić information content (AvgIpc) is 2.65. The summed E-state index contributed by atoms with van der Waals surface area (Å²) in [6.45, 7) is 0. The van der Waals surface area contributed by atoms with Crippen LogP contribution in [0.15, 0.2) is 10.1 Å². The molecule has 0 spiro atoms. The predicted octanol–water partition coefficient (Wildman–Crippen LogP) is -0.723. The van der Waals surface area contributed by atoms with E-state index in [0.717, 1.165) is 0 Å². The van der Waals surface area contributed by atoms with Crippen molar-refractivity contribution >= 4 is 34.8 Å². The molecule has 2 unspecified atom stereocenters. The molecule has 5 N–H and O–H groups in total. The molecule has 1 amide bonds. The average molecular weight is 289 g/mol. The van der Waals surface area contributed by atoms with Gasteiger partial charge in [-0.3, -0.25) is 10.2 Å². The number of thiocarbonyl (C=S) groups is 1. The van der Waals surface area contributed by atoms with Crippen molar-refractivity contribution < 1.29 is 4.79 Å². The third kappa shape index (κ3) is 1.64. The Morgan fingerprint density at radius 3 is 2.65 bits per heavy atom. The number of carbonyl (C=O) groups excluding carboxylic acids is 1. The fourth-order valence-electron chi connectivity index (χ4n) is 2.62. The Balaban J connectivity index is 2.44. The number of fused-ring (bicyclic) bond motifs is 1. The van der Waals surface area contributed by atoms with Crippen molar-refractivity contribution in [3.8, 4) is 12.1 Å². The largest absolute Gasteiger partial charge is 0.386 e. The zero-order chi connectivity index (χ0) is 15.0. The maximum atomic E-state index is 12.1. The van der Waals surface area contributed by atoms with Gasteiger partial charge in [-0.15, -0.1) is 0 Å². The highest BCUT2D eigenvalue weighted by atomic mass is 32.1. The topological polar surface area (TPSA) is 153 Å². The first kappa shape index (κ1) is 13.9. The van der Waals surface area contributed by atoms with Crippen molar-refractivity contribution in [3.63, 3.8) is 0 Å². The molecular weight excluding hydrogens is 278 g/mol. The highest BCUT2D eigenvalue weighted by Gasteiger charge is 2.66. The lowest BCUT2D eigenvalue weighted by molar-refractivity contribution is -0.125. The first-order valence-corrected chi connectivity index (χ1v) is 6.15. The number of nitrogens with one attached hydrogen (secondary N) is 1. The van der Waals surface area contributed by atoms with Gasteiger partial charge in [-0.1, -0.05) is 0 Å². The molecule has 8 nitrogen and oxygen atoms in total. The second-order valence-electron chi connectivity index (χ2n) is 4.67. The fraction of sp³-hybridized carbons (Fsp3) is 0.455. The second kappa shape index (κ2) is 4.54. The van der Waals surface area contributed by atoms with Crippen LogP contribution in [0, 0.1) is 33.5 Å². The Morgan fingerprint density at radius 1 is 1.45 bits per heavy atom. The third-order valence-electron chi connectivity index (χ3n) is 3.72. The van der Waals surface area contributed by atoms with Gasteiger partial charge in [0.1, 0.15) is 11.3 Å². The zero-order valence-electron chi connectivity index (χ0n) is 10.4. The van der Waals surface area contributed by atoms with Gasteiger partial charge in [0.15, 0.2) is 10.5 Å². The van der Waals surface area contributed by atoms with Crippen molar-refractivity contribution in [1.29, 1.82) is 10.5 Å². The third-order valence-corrected chi connectivity index (χ3v) is 3.81. The molecule has 2 atom stereocenters. The molecule has 1 fully saturated rings. The van der Waals surface area contributed by atoms with Gasteiger partial charge in [-0.05, 0) is 25.1 Å². The Kier molecular flexibility index (Phi) is 3.16. The highest BCUT2D eigenvalue weighted by molar-refractivity contribution is 7.80. The molecule has 1 aliphatic carbocycles. The molecule has 20 heavy (non-hydrogen) atoms. The molecule has 102 valence electrons. The second-order valence-corrected chi connectivity index (χ2v) is 5.11. The summed E-state index contributed by atoms with van der Waals surface area (Å²) >= 11 is 4.63. The minimum absolute atomic E-state index is 0.0181. The van der Waals surface area contributed by atoms with Crippen LogP contribution in [0.2, 0.25) is 0 Å². The van der Waals surface area contributed by atoms with Crippen molar-refractivity contribution in [1.82, 2.24) is 5.43 Å². The molecule has 0 aromatic carbocycles. The maximum absolute atomic E-state index is 12.1. The van der Waals surface area contributed by atoms with Crippen LogP contribution in [0.1, 0.15) is 19.3 Å². The molecule has 0 aromatic rings. The van der Waals surface area contributed by atoms with E-state index in [2.05, 4.69) is 27.7 Å². The summed E-state index contributed by atoms with van der Waals surface area (Å²) in [5.41, 5.74) is 10.9. The SMILES string of the molecule is N#CC12CC(=NNC(N)=S)CCC1(C#N)C(N)=NC2=O. The zero-order valence-corrected chi connectivity index (χ0v) is 11.2. The van der Waals surface area contributed by atoms with Gasteiger partial charge in [0.25, 0.3) is 5.91 Å². The van der Waals surface area contributed by atoms with Crippen LogP contribution in [0.5, 0.6) is 0 Å². The van der Waals surface area contributed by atoms with E-state index in [0.29, 0.717) is 12.1 Å². The maximum Gasteiger partial charge on any atom is 0.270 e. The van der Waals surface area contributed by atoms with Gasteiger partial charge in [0.05, 0.1) is 12.1 Å². The van der Waals surface area contributed by atoms with Gasteiger partial charge >= 0.3 is 0 Å². The number of amidine groups is 1. The summed E-state index contributed by atoms with van der Waals surface area (Å²) in [7, 11) is 0. The summed E-state index contributed by atoms with van der Waals surface area (Å²) in [5, 5.41) is 22.8. The smallest absolute Gasteiger partial charge is 0.270 e. The van der Waals surface area contributed by atoms with Crippen LogP contribution in [0.3, 0.4) is 0 Å². The van der Waals surface area contributed by atoms with Gasteiger partial charge in [-0.25, -0.2) is 0 Å². The first-order valence-electron chi connectivity index (χ1n) is 5.74. The molecule has 0 saturated heterocycles. The monoisotopic (exact) mass is 289 g/mol. The van der Waals surface area contributed by atoms with Gasteiger partial charge in [-0.2, -0.15) is 20.6 Å². The van der Waals surface area contributed by atoms with E-state index in [1.807, 2.05) is 12.1 Å². The standard InChI is InChI=1S/C11H11N7OS/c12-4-10-2-1-6(17-18-9(15)20)3-11(10,5-13)8(19)16-7(10)14/h1-3H2,(H2,14,16,19)(H3,15,18,20). The quantitative estimate of drug-likeness (QED) is 0.425. The summed E-state index contributed by atoms with van der Waals surface area (Å²) in [6, 6.07) is 3.94. The number of hydrazone groups is 1. The van der Waals surface area contributed by atoms with Crippen LogP contribution in [0.25, 0.3) is 0 Å². The molecular formula is C11H11N7OS. The van der Waals surface area contributed by atoms with Gasteiger partial charge in [0.2, 0.25) is 0 Å². The number of nitriles is 2. The summed E-state index contributed by atoms with van der Waals surface area (Å²) in [5.74, 6) is -0.783. The highest BCUT2D eigenvalue weighted by Crippen LogP contribution is 2.53. The lowest BCUT2D eigenvalue weighted by Crippen LogP contribution is -2.52. The van der Waals surface area contributed by atoms with E-state index in [9.17, 15) is 15.3 Å². The normalized spacial score (nSPS) is 33.8. The fourth-order valence-corrected chi connectivity index (χ4v) is 2.66. The number of carbonyl (C=O) groups is 1. The van der Waals surface area contributed by atoms with E-state index in [4.69, 9.17) is 11.5 Å². The Labute approximate surface area is 120 Å². The Hall–Kier alpha value is -2.52. The molecule has 0 aromatic heterocycles. The summed E-state index contributed by atoms with van der Waals surface area (Å²) in [6.07, 6.45) is 0.585. The van der Waals surface area contributed by atoms with Gasteiger partial charge < -0.3 is 11.5 Å². The molecule has 1 saturated carbocycles. The molecule has 9 heteroatoms. The number of rotatable bonds is 1. The number of hydrogen-bond donors (Lipinski definition) is 3. The molecule has 1 heterocycles. The molecule has 1 aliphatic heterocycles. The van der Waals surface area contributed by atoms with E-state index in [-0.39, 0.29) is 23.8 Å². The minimum Gasteiger partial charge on any atom is -0.386 e. The first-order chi connectivity index (χ1) is 9.41. The van der Waals surface area contributed by atoms with Crippen molar-refractivity contribution in [2.24, 2.45) is 32.4 Å². The van der Waals surface area contributed by atoms with Gasteiger partial charge in [0, 0.05) is 12.1 Å². The van der Waals surface area contributed by atoms with E-state index < -0.39 is 16.7 Å². The molecule has 2 rings (SSSR count). The lowest BCUT2D eigenvalue weighted by atomic mass is 9.57. The number of aliphatic imine (C=N–C) groups is 1. The minimum atomic E-state index is -1.61. The molecule has 2 aliphatic rings. The van der Waals surface area contributed by atoms with Crippen LogP contribution < -0.4 is 16.9 Å². The van der Waals surface area contributed by atoms with Crippen molar-refractivity contribution in [2.75, 3.05) is 0 Å². The van der Waals surface area contributed by atoms with E-state index in [1.54, 1.807) is 0 Å². The van der Waals surface area contributed by atoms with E-state index >= 15 is 0 Å². The molecule has 0 bridgehead atoms. The predicted molar refractivity (Wildman–Crippen MR) is 73.9 cm³/mol. The van der Waals surface area contributed by atoms with Crippen molar-refractivity contribution in [3.05, 3.63) is 0 Å². The van der Waals surface area contributed by atoms with Crippen LogP contribution in [-0.2, 0) is 4.79 Å². The van der Waals surface area contributed by atoms with Crippen molar-refractivity contribution in [2.45, 2.75) is 19.3 Å².